The highest BCUT2D eigenvalue weighted by molar-refractivity contribution is 4.97. The minimum Gasteiger partial charge on any atom is -0.356 e. The molecule has 2 heteroatoms. The molecule has 0 bridgehead atoms. The summed E-state index contributed by atoms with van der Waals surface area (Å²) >= 11 is 0. The van der Waals surface area contributed by atoms with Gasteiger partial charge >= 0.3 is 0 Å². The third kappa shape index (κ3) is 18.6. The molecule has 36 heavy (non-hydrogen) atoms. The van der Waals surface area contributed by atoms with E-state index in [2.05, 4.69) is 43.0 Å². The van der Waals surface area contributed by atoms with Crippen molar-refractivity contribution < 1.29 is 0 Å². The van der Waals surface area contributed by atoms with Crippen molar-refractivity contribution in [1.29, 1.82) is 0 Å². The average Bonchev–Trinajstić information content (AvgIpc) is 3.27. The summed E-state index contributed by atoms with van der Waals surface area (Å²) in [7, 11) is 0. The Morgan fingerprint density at radius 3 is 0.972 bits per heavy atom. The van der Waals surface area contributed by atoms with Gasteiger partial charge in [-0.2, -0.15) is 0 Å². The fourth-order valence-electron chi connectivity index (χ4n) is 5.83. The summed E-state index contributed by atoms with van der Waals surface area (Å²) in [6.07, 6.45) is 42.5. The molecule has 0 spiro atoms. The lowest BCUT2D eigenvalue weighted by Crippen LogP contribution is -2.39. The van der Waals surface area contributed by atoms with E-state index in [1.54, 1.807) is 0 Å². The van der Waals surface area contributed by atoms with Gasteiger partial charge in [-0.1, -0.05) is 162 Å². The van der Waals surface area contributed by atoms with Crippen LogP contribution in [-0.2, 0) is 0 Å². The van der Waals surface area contributed by atoms with Gasteiger partial charge in [-0.05, 0) is 25.7 Å². The highest BCUT2D eigenvalue weighted by Gasteiger charge is 2.24. The molecule has 1 aliphatic rings. The zero-order valence-corrected chi connectivity index (χ0v) is 25.4. The third-order valence-corrected chi connectivity index (χ3v) is 8.32. The van der Waals surface area contributed by atoms with E-state index >= 15 is 0 Å². The summed E-state index contributed by atoms with van der Waals surface area (Å²) in [5, 5.41) is 0. The zero-order chi connectivity index (χ0) is 25.9. The van der Waals surface area contributed by atoms with Crippen LogP contribution in [0, 0.1) is 0 Å². The number of nitrogens with zero attached hydrogens (tertiary/aromatic N) is 2. The molecule has 0 aromatic carbocycles. The molecule has 0 fully saturated rings. The maximum Gasteiger partial charge on any atom is 0.101 e. The highest BCUT2D eigenvalue weighted by atomic mass is 15.4. The maximum absolute atomic E-state index is 2.68. The molecular weight excluding hydrogens is 436 g/mol. The lowest BCUT2D eigenvalue weighted by Gasteiger charge is -2.33. The van der Waals surface area contributed by atoms with Crippen LogP contribution >= 0.6 is 0 Å². The quantitative estimate of drug-likeness (QED) is 0.0977. The number of hydrogen-bond donors (Lipinski definition) is 0. The SMILES string of the molecule is CCCCCCCCCCCCCCCCCCN1C=CN(CCCCCCC)C1CCCCCC. The van der Waals surface area contributed by atoms with Crippen LogP contribution in [0.3, 0.4) is 0 Å². The summed E-state index contributed by atoms with van der Waals surface area (Å²) in [6.45, 7) is 9.46. The van der Waals surface area contributed by atoms with Gasteiger partial charge < -0.3 is 9.80 Å². The van der Waals surface area contributed by atoms with E-state index in [0.717, 1.165) is 0 Å². The normalized spacial score (nSPS) is 15.5. The first-order valence-electron chi connectivity index (χ1n) is 17.0. The van der Waals surface area contributed by atoms with Gasteiger partial charge in [0.25, 0.3) is 0 Å². The average molecular weight is 505 g/mol. The second-order valence-electron chi connectivity index (χ2n) is 11.8. The molecule has 1 atom stereocenters. The first-order chi connectivity index (χ1) is 17.8. The lowest BCUT2D eigenvalue weighted by atomic mass is 10.0. The van der Waals surface area contributed by atoms with Crippen molar-refractivity contribution in [3.05, 3.63) is 12.4 Å². The van der Waals surface area contributed by atoms with E-state index in [9.17, 15) is 0 Å². The Bertz CT molecular complexity index is 460. The molecule has 1 unspecified atom stereocenters. The van der Waals surface area contributed by atoms with Crippen molar-refractivity contribution in [3.63, 3.8) is 0 Å². The van der Waals surface area contributed by atoms with Crippen LogP contribution in [-0.4, -0.2) is 29.1 Å². The fourth-order valence-corrected chi connectivity index (χ4v) is 5.83. The molecule has 0 N–H and O–H groups in total. The molecule has 0 aromatic rings. The van der Waals surface area contributed by atoms with Crippen LogP contribution in [0.5, 0.6) is 0 Å². The summed E-state index contributed by atoms with van der Waals surface area (Å²) in [6, 6.07) is 0. The summed E-state index contributed by atoms with van der Waals surface area (Å²) in [5.74, 6) is 0. The van der Waals surface area contributed by atoms with E-state index in [1.165, 1.54) is 180 Å². The Morgan fingerprint density at radius 1 is 0.361 bits per heavy atom. The largest absolute Gasteiger partial charge is 0.356 e. The van der Waals surface area contributed by atoms with Crippen LogP contribution in [0.4, 0.5) is 0 Å². The predicted molar refractivity (Wildman–Crippen MR) is 163 cm³/mol. The standard InChI is InChI=1S/C34H68N2/c1-4-7-10-13-14-15-16-17-18-19-20-21-22-23-25-28-31-36-33-32-35(30-27-24-11-8-5-2)34(36)29-26-12-9-6-3/h32-34H,4-31H2,1-3H3. The smallest absolute Gasteiger partial charge is 0.101 e. The predicted octanol–water partition coefficient (Wildman–Crippen LogP) is 11.6. The Balaban J connectivity index is 2.04. The molecular formula is C34H68N2. The molecule has 1 aliphatic heterocycles. The fraction of sp³-hybridized carbons (Fsp3) is 0.941. The second-order valence-corrected chi connectivity index (χ2v) is 11.8. The monoisotopic (exact) mass is 505 g/mol. The van der Waals surface area contributed by atoms with Crippen LogP contribution < -0.4 is 0 Å². The first-order valence-corrected chi connectivity index (χ1v) is 17.0. The van der Waals surface area contributed by atoms with E-state index < -0.39 is 0 Å². The van der Waals surface area contributed by atoms with E-state index in [1.807, 2.05) is 0 Å². The topological polar surface area (TPSA) is 6.48 Å². The molecule has 0 saturated heterocycles. The van der Waals surface area contributed by atoms with Crippen molar-refractivity contribution >= 4 is 0 Å². The van der Waals surface area contributed by atoms with Gasteiger partial charge in [0, 0.05) is 25.5 Å². The van der Waals surface area contributed by atoms with Gasteiger partial charge in [0.15, 0.2) is 0 Å². The van der Waals surface area contributed by atoms with Crippen LogP contribution in [0.2, 0.25) is 0 Å². The Kier molecular flexibility index (Phi) is 24.1. The van der Waals surface area contributed by atoms with Crippen molar-refractivity contribution in [2.24, 2.45) is 0 Å². The molecule has 1 rings (SSSR count). The Labute approximate surface area is 229 Å². The van der Waals surface area contributed by atoms with Gasteiger partial charge in [-0.25, -0.2) is 0 Å². The molecule has 1 heterocycles. The number of rotatable bonds is 28. The van der Waals surface area contributed by atoms with Crippen LogP contribution in [0.1, 0.15) is 188 Å². The highest BCUT2D eigenvalue weighted by Crippen LogP contribution is 2.23. The van der Waals surface area contributed by atoms with E-state index in [-0.39, 0.29) is 0 Å². The molecule has 0 radical (unpaired) electrons. The molecule has 2 nitrogen and oxygen atoms in total. The van der Waals surface area contributed by atoms with Crippen molar-refractivity contribution in [2.75, 3.05) is 13.1 Å². The molecule has 0 saturated carbocycles. The third-order valence-electron chi connectivity index (χ3n) is 8.32. The Hall–Kier alpha value is -0.660. The van der Waals surface area contributed by atoms with Crippen LogP contribution in [0.25, 0.3) is 0 Å². The van der Waals surface area contributed by atoms with Crippen LogP contribution in [0.15, 0.2) is 12.4 Å². The van der Waals surface area contributed by atoms with Gasteiger partial charge in [0.2, 0.25) is 0 Å². The molecule has 214 valence electrons. The summed E-state index contributed by atoms with van der Waals surface area (Å²) in [4.78, 5) is 5.35. The zero-order valence-electron chi connectivity index (χ0n) is 25.4. The molecule has 0 amide bonds. The minimum atomic E-state index is 0.643. The van der Waals surface area contributed by atoms with Crippen molar-refractivity contribution in [1.82, 2.24) is 9.80 Å². The van der Waals surface area contributed by atoms with Gasteiger partial charge in [-0.15, -0.1) is 0 Å². The summed E-state index contributed by atoms with van der Waals surface area (Å²) in [5.41, 5.74) is 0. The van der Waals surface area contributed by atoms with E-state index in [0.29, 0.717) is 6.17 Å². The van der Waals surface area contributed by atoms with E-state index in [4.69, 9.17) is 0 Å². The van der Waals surface area contributed by atoms with Crippen molar-refractivity contribution in [3.8, 4) is 0 Å². The van der Waals surface area contributed by atoms with Gasteiger partial charge in [0.05, 0.1) is 0 Å². The maximum atomic E-state index is 2.68. The molecule has 0 aliphatic carbocycles. The minimum absolute atomic E-state index is 0.643. The Morgan fingerprint density at radius 2 is 0.639 bits per heavy atom. The number of hydrogen-bond acceptors (Lipinski definition) is 2. The summed E-state index contributed by atoms with van der Waals surface area (Å²) < 4.78 is 0. The second kappa shape index (κ2) is 26.0. The molecule has 0 aromatic heterocycles. The van der Waals surface area contributed by atoms with Gasteiger partial charge in [0.1, 0.15) is 6.17 Å². The number of unbranched alkanes of at least 4 members (excludes halogenated alkanes) is 22. The first kappa shape index (κ1) is 33.4. The van der Waals surface area contributed by atoms with Crippen molar-refractivity contribution in [2.45, 2.75) is 194 Å². The lowest BCUT2D eigenvalue weighted by molar-refractivity contribution is 0.135. The van der Waals surface area contributed by atoms with Gasteiger partial charge in [-0.3, -0.25) is 0 Å².